The van der Waals surface area contributed by atoms with Gasteiger partial charge in [0.25, 0.3) is 0 Å². The summed E-state index contributed by atoms with van der Waals surface area (Å²) in [5.41, 5.74) is 2.75. The van der Waals surface area contributed by atoms with Gasteiger partial charge in [0.05, 0.1) is 6.54 Å². The number of nitrogens with zero attached hydrogens (tertiary/aromatic N) is 1. The number of benzene rings is 1. The van der Waals surface area contributed by atoms with Crippen LogP contribution in [0.15, 0.2) is 41.4 Å². The van der Waals surface area contributed by atoms with E-state index in [1.807, 2.05) is 13.0 Å². The molecule has 1 fully saturated rings. The number of aliphatic imine (C=N–C) groups is 1. The highest BCUT2D eigenvalue weighted by molar-refractivity contribution is 6.00. The minimum Gasteiger partial charge on any atom is -0.314 e. The number of halogens is 1. The van der Waals surface area contributed by atoms with Gasteiger partial charge in [0.1, 0.15) is 11.7 Å². The van der Waals surface area contributed by atoms with Crippen molar-refractivity contribution in [2.45, 2.75) is 40.0 Å². The van der Waals surface area contributed by atoms with Gasteiger partial charge < -0.3 is 5.32 Å². The molecule has 136 valence electrons. The van der Waals surface area contributed by atoms with Crippen molar-refractivity contribution in [1.82, 2.24) is 5.32 Å². The largest absolute Gasteiger partial charge is 0.314 e. The second-order valence-corrected chi connectivity index (χ2v) is 8.43. The summed E-state index contributed by atoms with van der Waals surface area (Å²) in [6, 6.07) is 4.92. The first-order valence-electron chi connectivity index (χ1n) is 9.32. The molecule has 26 heavy (non-hydrogen) atoms. The predicted octanol–water partition coefficient (Wildman–Crippen LogP) is 4.43. The van der Waals surface area contributed by atoms with Crippen molar-refractivity contribution in [2.75, 3.05) is 6.54 Å². The van der Waals surface area contributed by atoms with Gasteiger partial charge in [0, 0.05) is 23.2 Å². The number of aryl methyl sites for hydroxylation is 1. The van der Waals surface area contributed by atoms with Crippen LogP contribution in [0, 0.1) is 29.5 Å². The van der Waals surface area contributed by atoms with Crippen LogP contribution >= 0.6 is 0 Å². The molecule has 0 radical (unpaired) electrons. The number of fused-ring (bicyclic) bond motifs is 1. The third kappa shape index (κ3) is 2.91. The van der Waals surface area contributed by atoms with Crippen molar-refractivity contribution in [2.24, 2.45) is 21.7 Å². The van der Waals surface area contributed by atoms with Crippen LogP contribution in [-0.2, 0) is 4.79 Å². The molecule has 3 nitrogen and oxygen atoms in total. The standard InChI is InChI=1S/C22H25FN2O/c1-14-4-7-17(23)10-18(14)16-8-9-21(2)12-19(24-13-22(21,3)11-16)25-20(26)15-5-6-15/h4,7-11,15H,5-6,12-13H2,1-3H3,(H,24,25,26). The van der Waals surface area contributed by atoms with E-state index in [-0.39, 0.29) is 28.5 Å². The molecule has 0 saturated heterocycles. The van der Waals surface area contributed by atoms with E-state index in [0.29, 0.717) is 13.0 Å². The van der Waals surface area contributed by atoms with Gasteiger partial charge >= 0.3 is 0 Å². The van der Waals surface area contributed by atoms with Gasteiger partial charge in [-0.25, -0.2) is 4.39 Å². The minimum absolute atomic E-state index is 0.113. The highest BCUT2D eigenvalue weighted by Crippen LogP contribution is 2.51. The van der Waals surface area contributed by atoms with Crippen LogP contribution in [0.4, 0.5) is 4.39 Å². The van der Waals surface area contributed by atoms with Crippen molar-refractivity contribution < 1.29 is 9.18 Å². The van der Waals surface area contributed by atoms with E-state index in [1.165, 1.54) is 6.07 Å². The molecule has 2 atom stereocenters. The summed E-state index contributed by atoms with van der Waals surface area (Å²) >= 11 is 0. The zero-order chi connectivity index (χ0) is 18.5. The summed E-state index contributed by atoms with van der Waals surface area (Å²) in [6.07, 6.45) is 9.24. The van der Waals surface area contributed by atoms with Crippen LogP contribution < -0.4 is 5.32 Å². The van der Waals surface area contributed by atoms with Gasteiger partial charge in [-0.15, -0.1) is 0 Å². The van der Waals surface area contributed by atoms with Crippen molar-refractivity contribution in [1.29, 1.82) is 0 Å². The van der Waals surface area contributed by atoms with E-state index in [2.05, 4.69) is 42.4 Å². The van der Waals surface area contributed by atoms with Gasteiger partial charge in [-0.2, -0.15) is 0 Å². The lowest BCUT2D eigenvalue weighted by Crippen LogP contribution is -2.48. The molecule has 1 saturated carbocycles. The van der Waals surface area contributed by atoms with Gasteiger partial charge in [0.15, 0.2) is 0 Å². The maximum atomic E-state index is 13.7. The van der Waals surface area contributed by atoms with Crippen LogP contribution in [0.5, 0.6) is 0 Å². The molecule has 1 N–H and O–H groups in total. The number of hydrogen-bond acceptors (Lipinski definition) is 2. The number of allylic oxidation sites excluding steroid dienone is 3. The van der Waals surface area contributed by atoms with E-state index in [4.69, 9.17) is 0 Å². The Balaban J connectivity index is 1.63. The molecule has 1 amide bonds. The molecule has 2 aliphatic carbocycles. The second kappa shape index (κ2) is 5.90. The Hall–Kier alpha value is -2.23. The first kappa shape index (κ1) is 17.2. The lowest BCUT2D eigenvalue weighted by Gasteiger charge is -2.47. The summed E-state index contributed by atoms with van der Waals surface area (Å²) in [7, 11) is 0. The molecule has 0 spiro atoms. The SMILES string of the molecule is Cc1ccc(F)cc1C1=CC2(C)CN=C(NC(=O)C3CC3)CC2(C)C=C1. The number of nitrogens with one attached hydrogen (secondary N) is 1. The normalized spacial score (nSPS) is 30.3. The summed E-state index contributed by atoms with van der Waals surface area (Å²) in [6.45, 7) is 7.04. The highest BCUT2D eigenvalue weighted by atomic mass is 19.1. The van der Waals surface area contributed by atoms with E-state index in [9.17, 15) is 9.18 Å². The zero-order valence-electron chi connectivity index (χ0n) is 15.6. The smallest absolute Gasteiger partial charge is 0.228 e. The van der Waals surface area contributed by atoms with Crippen molar-refractivity contribution >= 4 is 17.3 Å². The Labute approximate surface area is 154 Å². The molecule has 4 rings (SSSR count). The van der Waals surface area contributed by atoms with Gasteiger partial charge in [-0.1, -0.05) is 38.1 Å². The van der Waals surface area contributed by atoms with Gasteiger partial charge in [-0.05, 0) is 48.6 Å². The average Bonchev–Trinajstić information content (AvgIpc) is 3.42. The second-order valence-electron chi connectivity index (χ2n) is 8.43. The van der Waals surface area contributed by atoms with E-state index >= 15 is 0 Å². The Morgan fingerprint density at radius 3 is 2.77 bits per heavy atom. The highest BCUT2D eigenvalue weighted by Gasteiger charge is 2.47. The molecule has 1 aromatic carbocycles. The summed E-state index contributed by atoms with van der Waals surface area (Å²) in [4.78, 5) is 16.7. The number of rotatable bonds is 2. The maximum absolute atomic E-state index is 13.7. The first-order chi connectivity index (χ1) is 12.3. The molecule has 1 heterocycles. The Bertz CT molecular complexity index is 865. The quantitative estimate of drug-likeness (QED) is 0.841. The minimum atomic E-state index is -0.217. The average molecular weight is 352 g/mol. The fourth-order valence-electron chi connectivity index (χ4n) is 3.92. The van der Waals surface area contributed by atoms with Crippen LogP contribution in [0.1, 0.15) is 44.2 Å². The van der Waals surface area contributed by atoms with Gasteiger partial charge in [-0.3, -0.25) is 9.79 Å². The first-order valence-corrected chi connectivity index (χ1v) is 9.32. The van der Waals surface area contributed by atoms with Crippen LogP contribution in [0.2, 0.25) is 0 Å². The lowest BCUT2D eigenvalue weighted by molar-refractivity contribution is -0.120. The maximum Gasteiger partial charge on any atom is 0.228 e. The predicted molar refractivity (Wildman–Crippen MR) is 102 cm³/mol. The molecule has 1 aliphatic heterocycles. The molecule has 4 heteroatoms. The Morgan fingerprint density at radius 2 is 2.04 bits per heavy atom. The van der Waals surface area contributed by atoms with E-state index < -0.39 is 0 Å². The monoisotopic (exact) mass is 352 g/mol. The zero-order valence-corrected chi connectivity index (χ0v) is 15.6. The van der Waals surface area contributed by atoms with E-state index in [1.54, 1.807) is 6.07 Å². The number of carbonyl (C=O) groups is 1. The fourth-order valence-corrected chi connectivity index (χ4v) is 3.92. The van der Waals surface area contributed by atoms with Crippen LogP contribution in [0.3, 0.4) is 0 Å². The third-order valence-corrected chi connectivity index (χ3v) is 6.27. The fraction of sp³-hybridized carbons (Fsp3) is 0.455. The molecule has 2 unspecified atom stereocenters. The summed E-state index contributed by atoms with van der Waals surface area (Å²) < 4.78 is 13.7. The van der Waals surface area contributed by atoms with Crippen LogP contribution in [0.25, 0.3) is 5.57 Å². The third-order valence-electron chi connectivity index (χ3n) is 6.27. The van der Waals surface area contributed by atoms with E-state index in [0.717, 1.165) is 35.4 Å². The molecule has 3 aliphatic rings. The van der Waals surface area contributed by atoms with Crippen molar-refractivity contribution in [3.05, 3.63) is 53.4 Å². The van der Waals surface area contributed by atoms with Gasteiger partial charge in [0.2, 0.25) is 5.91 Å². The molecule has 0 aromatic heterocycles. The van der Waals surface area contributed by atoms with Crippen molar-refractivity contribution in [3.8, 4) is 0 Å². The number of amidine groups is 1. The Kier molecular flexibility index (Phi) is 3.90. The Morgan fingerprint density at radius 1 is 1.27 bits per heavy atom. The molecule has 1 aromatic rings. The lowest BCUT2D eigenvalue weighted by atomic mass is 9.59. The number of carbonyl (C=O) groups excluding carboxylic acids is 1. The number of hydrogen-bond donors (Lipinski definition) is 1. The molecular formula is C22H25FN2O. The topological polar surface area (TPSA) is 41.5 Å². The van der Waals surface area contributed by atoms with Crippen molar-refractivity contribution in [3.63, 3.8) is 0 Å². The summed E-state index contributed by atoms with van der Waals surface area (Å²) in [5.74, 6) is 0.876. The number of amides is 1. The summed E-state index contributed by atoms with van der Waals surface area (Å²) in [5, 5.41) is 3.02. The van der Waals surface area contributed by atoms with Crippen LogP contribution in [-0.4, -0.2) is 18.3 Å². The molecular weight excluding hydrogens is 327 g/mol. The molecule has 0 bridgehead atoms.